The van der Waals surface area contributed by atoms with Crippen molar-refractivity contribution in [3.05, 3.63) is 40.7 Å². The van der Waals surface area contributed by atoms with Crippen LogP contribution in [0, 0.1) is 6.92 Å². The normalized spacial score (nSPS) is 15.6. The largest absolute Gasteiger partial charge is 0.467 e. The molecule has 0 spiro atoms. The molecule has 0 N–H and O–H groups in total. The molecule has 1 aliphatic heterocycles. The number of halogens is 1. The van der Waals surface area contributed by atoms with E-state index in [0.717, 1.165) is 28.8 Å². The molecule has 0 radical (unpaired) electrons. The summed E-state index contributed by atoms with van der Waals surface area (Å²) in [5.41, 5.74) is 2.26. The molecular formula is C18H19ClN4O2S. The first-order chi connectivity index (χ1) is 12.5. The van der Waals surface area contributed by atoms with Crippen molar-refractivity contribution in [3.8, 4) is 5.19 Å². The highest BCUT2D eigenvalue weighted by molar-refractivity contribution is 7.20. The first-order valence-electron chi connectivity index (χ1n) is 8.53. The quantitative estimate of drug-likeness (QED) is 0.684. The van der Waals surface area contributed by atoms with Crippen LogP contribution in [0.2, 0.25) is 5.02 Å². The van der Waals surface area contributed by atoms with E-state index >= 15 is 0 Å². The Hall–Kier alpha value is -2.12. The van der Waals surface area contributed by atoms with Gasteiger partial charge in [-0.3, -0.25) is 9.48 Å². The lowest BCUT2D eigenvalue weighted by atomic mass is 10.1. The van der Waals surface area contributed by atoms with Crippen LogP contribution in [0.15, 0.2) is 24.3 Å². The van der Waals surface area contributed by atoms with Crippen LogP contribution in [0.5, 0.6) is 5.19 Å². The van der Waals surface area contributed by atoms with Crippen molar-refractivity contribution >= 4 is 39.1 Å². The van der Waals surface area contributed by atoms with E-state index in [1.807, 2.05) is 36.1 Å². The van der Waals surface area contributed by atoms with Crippen molar-refractivity contribution in [2.45, 2.75) is 25.9 Å². The minimum atomic E-state index is 0.0262. The summed E-state index contributed by atoms with van der Waals surface area (Å²) in [5.74, 6) is 0.0262. The summed E-state index contributed by atoms with van der Waals surface area (Å²) in [5, 5.41) is 5.53. The number of hydrogen-bond donors (Lipinski definition) is 0. The van der Waals surface area contributed by atoms with Crippen LogP contribution in [-0.2, 0) is 7.05 Å². The monoisotopic (exact) mass is 390 g/mol. The minimum Gasteiger partial charge on any atom is -0.467 e. The van der Waals surface area contributed by atoms with Crippen molar-refractivity contribution in [3.63, 3.8) is 0 Å². The number of amides is 1. The highest BCUT2D eigenvalue weighted by atomic mass is 35.5. The van der Waals surface area contributed by atoms with Gasteiger partial charge in [-0.05, 0) is 25.1 Å². The van der Waals surface area contributed by atoms with Gasteiger partial charge in [0.25, 0.3) is 11.1 Å². The number of carbonyl (C=O) groups is 1. The molecule has 3 aromatic rings. The first-order valence-corrected chi connectivity index (χ1v) is 9.72. The van der Waals surface area contributed by atoms with E-state index in [2.05, 4.69) is 10.1 Å². The van der Waals surface area contributed by atoms with Crippen LogP contribution in [0.4, 0.5) is 0 Å². The van der Waals surface area contributed by atoms with E-state index in [1.54, 1.807) is 11.7 Å². The number of benzene rings is 1. The van der Waals surface area contributed by atoms with E-state index in [4.69, 9.17) is 16.3 Å². The third-order valence-electron chi connectivity index (χ3n) is 4.57. The molecule has 0 bridgehead atoms. The summed E-state index contributed by atoms with van der Waals surface area (Å²) in [4.78, 5) is 19.0. The predicted molar refractivity (Wildman–Crippen MR) is 102 cm³/mol. The van der Waals surface area contributed by atoms with Gasteiger partial charge < -0.3 is 9.64 Å². The van der Waals surface area contributed by atoms with Crippen LogP contribution in [0.25, 0.3) is 10.2 Å². The third kappa shape index (κ3) is 3.29. The zero-order valence-corrected chi connectivity index (χ0v) is 16.2. The van der Waals surface area contributed by atoms with Crippen molar-refractivity contribution < 1.29 is 9.53 Å². The maximum Gasteiger partial charge on any atom is 0.274 e. The Morgan fingerprint density at radius 1 is 1.35 bits per heavy atom. The molecular weight excluding hydrogens is 372 g/mol. The van der Waals surface area contributed by atoms with E-state index in [0.29, 0.717) is 29.0 Å². The lowest BCUT2D eigenvalue weighted by Gasteiger charge is -2.31. The number of rotatable bonds is 3. The number of para-hydroxylation sites is 1. The molecule has 1 saturated heterocycles. The summed E-state index contributed by atoms with van der Waals surface area (Å²) in [6.45, 7) is 3.22. The molecule has 1 aliphatic rings. The van der Waals surface area contributed by atoms with Crippen molar-refractivity contribution in [2.75, 3.05) is 13.1 Å². The van der Waals surface area contributed by atoms with E-state index in [-0.39, 0.29) is 12.0 Å². The standard InChI is InChI=1S/C18H19ClN4O2S/c1-11-10-14(22(2)21-11)17(24)23-8-6-12(7-9-23)25-18-20-16-13(19)4-3-5-15(16)26-18/h3-5,10,12H,6-9H2,1-2H3. The summed E-state index contributed by atoms with van der Waals surface area (Å²) in [7, 11) is 1.80. The minimum absolute atomic E-state index is 0.0262. The summed E-state index contributed by atoms with van der Waals surface area (Å²) >= 11 is 7.68. The number of aromatic nitrogens is 3. The summed E-state index contributed by atoms with van der Waals surface area (Å²) in [6.07, 6.45) is 1.63. The summed E-state index contributed by atoms with van der Waals surface area (Å²) in [6, 6.07) is 7.56. The van der Waals surface area contributed by atoms with Crippen LogP contribution in [0.3, 0.4) is 0 Å². The highest BCUT2D eigenvalue weighted by Crippen LogP contribution is 2.33. The average Bonchev–Trinajstić information content (AvgIpc) is 3.18. The van der Waals surface area contributed by atoms with E-state index in [9.17, 15) is 4.79 Å². The Kier molecular flexibility index (Phi) is 4.58. The molecule has 26 heavy (non-hydrogen) atoms. The van der Waals surface area contributed by atoms with Gasteiger partial charge in [-0.1, -0.05) is 29.0 Å². The second kappa shape index (κ2) is 6.89. The Balaban J connectivity index is 1.39. The molecule has 6 nitrogen and oxygen atoms in total. The van der Waals surface area contributed by atoms with Crippen molar-refractivity contribution in [1.82, 2.24) is 19.7 Å². The van der Waals surface area contributed by atoms with Crippen LogP contribution in [0.1, 0.15) is 29.0 Å². The summed E-state index contributed by atoms with van der Waals surface area (Å²) < 4.78 is 8.71. The topological polar surface area (TPSA) is 60.3 Å². The second-order valence-corrected chi connectivity index (χ2v) is 7.87. The SMILES string of the molecule is Cc1cc(C(=O)N2CCC(Oc3nc4c(Cl)cccc4s3)CC2)n(C)n1. The molecule has 0 atom stereocenters. The average molecular weight is 391 g/mol. The van der Waals surface area contributed by atoms with Gasteiger partial charge in [0.2, 0.25) is 0 Å². The predicted octanol–water partition coefficient (Wildman–Crippen LogP) is 3.68. The molecule has 136 valence electrons. The number of ether oxygens (including phenoxy) is 1. The smallest absolute Gasteiger partial charge is 0.274 e. The molecule has 2 aromatic heterocycles. The highest BCUT2D eigenvalue weighted by Gasteiger charge is 2.27. The molecule has 1 amide bonds. The third-order valence-corrected chi connectivity index (χ3v) is 5.78. The molecule has 3 heterocycles. The van der Waals surface area contributed by atoms with Gasteiger partial charge in [0.05, 0.1) is 15.4 Å². The molecule has 4 rings (SSSR count). The maximum atomic E-state index is 12.7. The van der Waals surface area contributed by atoms with Crippen molar-refractivity contribution in [2.24, 2.45) is 7.05 Å². The van der Waals surface area contributed by atoms with Gasteiger partial charge >= 0.3 is 0 Å². The number of likely N-dealkylation sites (tertiary alicyclic amines) is 1. The Morgan fingerprint density at radius 3 is 2.77 bits per heavy atom. The lowest BCUT2D eigenvalue weighted by Crippen LogP contribution is -2.42. The Morgan fingerprint density at radius 2 is 2.12 bits per heavy atom. The van der Waals surface area contributed by atoms with Gasteiger partial charge in [0.1, 0.15) is 17.3 Å². The number of thiazole rings is 1. The number of piperidine rings is 1. The van der Waals surface area contributed by atoms with E-state index < -0.39 is 0 Å². The van der Waals surface area contributed by atoms with Crippen LogP contribution < -0.4 is 4.74 Å². The maximum absolute atomic E-state index is 12.7. The fourth-order valence-electron chi connectivity index (χ4n) is 3.24. The first kappa shape index (κ1) is 17.3. The molecule has 0 unspecified atom stereocenters. The van der Waals surface area contributed by atoms with Gasteiger partial charge in [-0.25, -0.2) is 4.98 Å². The van der Waals surface area contributed by atoms with Gasteiger partial charge in [0, 0.05) is 33.0 Å². The van der Waals surface area contributed by atoms with Crippen LogP contribution >= 0.6 is 22.9 Å². The van der Waals surface area contributed by atoms with E-state index in [1.165, 1.54) is 11.3 Å². The molecule has 0 saturated carbocycles. The van der Waals surface area contributed by atoms with Gasteiger partial charge in [-0.15, -0.1) is 0 Å². The number of fused-ring (bicyclic) bond motifs is 1. The van der Waals surface area contributed by atoms with Crippen LogP contribution in [-0.4, -0.2) is 44.8 Å². The lowest BCUT2D eigenvalue weighted by molar-refractivity contribution is 0.0585. The fourth-order valence-corrected chi connectivity index (χ4v) is 4.42. The number of hydrogen-bond acceptors (Lipinski definition) is 5. The fraction of sp³-hybridized carbons (Fsp3) is 0.389. The number of carbonyl (C=O) groups excluding carboxylic acids is 1. The number of nitrogens with zero attached hydrogens (tertiary/aromatic N) is 4. The molecule has 0 aliphatic carbocycles. The van der Waals surface area contributed by atoms with Gasteiger partial charge in [-0.2, -0.15) is 5.10 Å². The molecule has 1 aromatic carbocycles. The number of aryl methyl sites for hydroxylation is 2. The zero-order chi connectivity index (χ0) is 18.3. The molecule has 8 heteroatoms. The Labute approximate surface area is 160 Å². The van der Waals surface area contributed by atoms with Crippen molar-refractivity contribution in [1.29, 1.82) is 0 Å². The molecule has 1 fully saturated rings. The zero-order valence-electron chi connectivity index (χ0n) is 14.6. The Bertz CT molecular complexity index is 959. The van der Waals surface area contributed by atoms with Gasteiger partial charge in [0.15, 0.2) is 0 Å². The second-order valence-electron chi connectivity index (χ2n) is 6.47.